The van der Waals surface area contributed by atoms with E-state index in [1.165, 1.54) is 9.12 Å². The first-order chi connectivity index (χ1) is 7.63. The standard InChI is InChI=1S/C6H7P.C5H5.C3H6.2ClH.Ti/c7-6-4-2-1-3-5-6;1-2-4-5-3-1;1-3-2;;;/h1-5H,7H2;1-3H,4H2;1-2H3;2*1H;/q;-1;;;;+2/p-2. The van der Waals surface area contributed by atoms with Crippen LogP contribution < -0.4 is 30.1 Å². The van der Waals surface area contributed by atoms with Crippen molar-refractivity contribution >= 4 is 18.4 Å². The molecular weight excluding hydrogens is 318 g/mol. The van der Waals surface area contributed by atoms with E-state index in [1.54, 1.807) is 0 Å². The van der Waals surface area contributed by atoms with Crippen LogP contribution in [0.4, 0.5) is 0 Å². The van der Waals surface area contributed by atoms with E-state index >= 15 is 0 Å². The van der Waals surface area contributed by atoms with Crippen molar-refractivity contribution in [1.82, 2.24) is 0 Å². The van der Waals surface area contributed by atoms with Gasteiger partial charge in [-0.15, -0.1) is 15.7 Å². The Morgan fingerprint density at radius 1 is 1.17 bits per heavy atom. The average molecular weight is 336 g/mol. The summed E-state index contributed by atoms with van der Waals surface area (Å²) in [5.74, 6) is 0. The van der Waals surface area contributed by atoms with Crippen molar-refractivity contribution < 1.29 is 44.8 Å². The van der Waals surface area contributed by atoms with E-state index < -0.39 is 0 Å². The minimum Gasteiger partial charge on any atom is -1.00 e. The second-order valence-electron chi connectivity index (χ2n) is 3.41. The van der Waals surface area contributed by atoms with Crippen molar-refractivity contribution in [2.45, 2.75) is 20.3 Å². The van der Waals surface area contributed by atoms with Gasteiger partial charge in [0.2, 0.25) is 0 Å². The van der Waals surface area contributed by atoms with Crippen LogP contribution in [-0.2, 0) is 20.0 Å². The molecule has 0 saturated heterocycles. The monoisotopic (exact) mass is 335 g/mol. The zero-order valence-electron chi connectivity index (χ0n) is 10.7. The Hall–Kier alpha value is 0.294. The molecule has 0 aliphatic heterocycles. The summed E-state index contributed by atoms with van der Waals surface area (Å²) >= 11 is 2.08. The largest absolute Gasteiger partial charge is 1.00 e. The number of benzene rings is 1. The number of rotatable bonds is 0. The zero-order valence-corrected chi connectivity index (χ0v) is 14.9. The summed E-state index contributed by atoms with van der Waals surface area (Å²) < 4.78 is 1.42. The van der Waals surface area contributed by atoms with Crippen molar-refractivity contribution in [3.63, 3.8) is 0 Å². The molecule has 0 heterocycles. The number of hydrogen-bond acceptors (Lipinski definition) is 0. The first kappa shape index (κ1) is 23.4. The minimum absolute atomic E-state index is 0. The van der Waals surface area contributed by atoms with Gasteiger partial charge in [-0.05, 0) is 5.30 Å². The maximum Gasteiger partial charge on any atom is -0.0303 e. The van der Waals surface area contributed by atoms with Crippen LogP contribution in [0.2, 0.25) is 0 Å². The predicted octanol–water partition coefficient (Wildman–Crippen LogP) is -2.75. The van der Waals surface area contributed by atoms with E-state index in [1.807, 2.05) is 42.5 Å². The Morgan fingerprint density at radius 2 is 1.67 bits per heavy atom. The quantitative estimate of drug-likeness (QED) is 0.274. The fourth-order valence-electron chi connectivity index (χ4n) is 0.793. The molecule has 0 spiro atoms. The van der Waals surface area contributed by atoms with Gasteiger partial charge >= 0.3 is 37.6 Å². The van der Waals surface area contributed by atoms with Crippen LogP contribution in [0.25, 0.3) is 0 Å². The molecule has 98 valence electrons. The van der Waals surface area contributed by atoms with Crippen LogP contribution in [0.1, 0.15) is 20.3 Å². The number of hydrogen-bond donors (Lipinski definition) is 0. The maximum absolute atomic E-state index is 2.99. The third-order valence-electron chi connectivity index (χ3n) is 1.39. The molecule has 0 radical (unpaired) electrons. The first-order valence-electron chi connectivity index (χ1n) is 5.17. The summed E-state index contributed by atoms with van der Waals surface area (Å²) in [7, 11) is 2.63. The van der Waals surface area contributed by atoms with Gasteiger partial charge in [0.05, 0.1) is 0 Å². The molecule has 4 heteroatoms. The van der Waals surface area contributed by atoms with E-state index in [9.17, 15) is 0 Å². The van der Waals surface area contributed by atoms with E-state index in [4.69, 9.17) is 0 Å². The summed E-state index contributed by atoms with van der Waals surface area (Å²) in [5, 5.41) is 1.24. The molecule has 0 fully saturated rings. The Labute approximate surface area is 137 Å². The second kappa shape index (κ2) is 17.3. The number of allylic oxidation sites excluding steroid dienone is 4. The molecular formula is C14H18Cl2PTi-. The summed E-state index contributed by atoms with van der Waals surface area (Å²) in [6, 6.07) is 10.1. The second-order valence-corrected chi connectivity index (χ2v) is 5.64. The summed E-state index contributed by atoms with van der Waals surface area (Å²) in [6.45, 7) is 4.17. The fraction of sp³-hybridized carbons (Fsp3) is 0.214. The first-order valence-corrected chi connectivity index (χ1v) is 6.52. The van der Waals surface area contributed by atoms with Gasteiger partial charge in [0.1, 0.15) is 0 Å². The van der Waals surface area contributed by atoms with Gasteiger partial charge in [-0.1, -0.05) is 30.3 Å². The van der Waals surface area contributed by atoms with E-state index in [2.05, 4.69) is 55.2 Å². The van der Waals surface area contributed by atoms with Crippen molar-refractivity contribution in [2.24, 2.45) is 0 Å². The van der Waals surface area contributed by atoms with Gasteiger partial charge in [0.15, 0.2) is 0 Å². The predicted molar refractivity (Wildman–Crippen MR) is 73.7 cm³/mol. The van der Waals surface area contributed by atoms with E-state index in [-0.39, 0.29) is 24.8 Å². The van der Waals surface area contributed by atoms with Crippen LogP contribution >= 0.6 is 9.24 Å². The molecule has 2 rings (SSSR count). The third-order valence-corrected chi connectivity index (χ3v) is 1.77. The van der Waals surface area contributed by atoms with Crippen LogP contribution in [0.3, 0.4) is 0 Å². The third kappa shape index (κ3) is 21.6. The fourth-order valence-corrected chi connectivity index (χ4v) is 1.02. The van der Waals surface area contributed by atoms with Gasteiger partial charge in [0.25, 0.3) is 0 Å². The molecule has 1 atom stereocenters. The molecule has 1 aliphatic carbocycles. The van der Waals surface area contributed by atoms with Gasteiger partial charge in [-0.3, -0.25) is 6.08 Å². The van der Waals surface area contributed by atoms with Gasteiger partial charge in [-0.25, -0.2) is 12.2 Å². The SMILES string of the molecule is C[C](C)=[Ti+2].Pc1ccccc1.[C-]1=CC=CC1.[Cl-].[Cl-]. The van der Waals surface area contributed by atoms with Gasteiger partial charge < -0.3 is 24.8 Å². The van der Waals surface area contributed by atoms with Gasteiger partial charge in [0, 0.05) is 0 Å². The molecule has 0 N–H and O–H groups in total. The van der Waals surface area contributed by atoms with Crippen LogP contribution in [0, 0.1) is 6.08 Å². The molecule has 18 heavy (non-hydrogen) atoms. The summed E-state index contributed by atoms with van der Waals surface area (Å²) in [4.78, 5) is 0. The normalized spacial score (nSPS) is 9.83. The van der Waals surface area contributed by atoms with E-state index in [0.717, 1.165) is 6.42 Å². The van der Waals surface area contributed by atoms with Crippen LogP contribution in [0.15, 0.2) is 48.6 Å². The molecule has 1 aromatic rings. The Kier molecular flexibility index (Phi) is 22.5. The summed E-state index contributed by atoms with van der Waals surface area (Å²) in [6.07, 6.45) is 10.0. The zero-order chi connectivity index (χ0) is 12.2. The topological polar surface area (TPSA) is 0 Å². The molecule has 0 saturated carbocycles. The minimum atomic E-state index is 0. The number of halogens is 2. The van der Waals surface area contributed by atoms with Crippen LogP contribution in [0.5, 0.6) is 0 Å². The molecule has 0 bridgehead atoms. The molecule has 0 aromatic heterocycles. The average Bonchev–Trinajstić information content (AvgIpc) is 2.75. The van der Waals surface area contributed by atoms with Crippen LogP contribution in [-0.4, -0.2) is 3.81 Å². The van der Waals surface area contributed by atoms with Crippen molar-refractivity contribution in [3.05, 3.63) is 54.6 Å². The van der Waals surface area contributed by atoms with Crippen molar-refractivity contribution in [1.29, 1.82) is 0 Å². The van der Waals surface area contributed by atoms with Crippen molar-refractivity contribution in [2.75, 3.05) is 0 Å². The van der Waals surface area contributed by atoms with E-state index in [0.29, 0.717) is 0 Å². The maximum atomic E-state index is 2.99. The summed E-state index contributed by atoms with van der Waals surface area (Å²) in [5.41, 5.74) is 0. The molecule has 1 aliphatic rings. The Balaban J connectivity index is -0.000000185. The Morgan fingerprint density at radius 3 is 1.83 bits per heavy atom. The smallest absolute Gasteiger partial charge is 0.0303 e. The molecule has 1 aromatic carbocycles. The van der Waals surface area contributed by atoms with Gasteiger partial charge in [-0.2, -0.15) is 6.08 Å². The molecule has 0 nitrogen and oxygen atoms in total. The molecule has 1 unspecified atom stereocenters. The molecule has 0 amide bonds. The van der Waals surface area contributed by atoms with Crippen molar-refractivity contribution in [3.8, 4) is 0 Å². The Bertz CT molecular complexity index is 334.